The number of fused-ring (bicyclic) bond motifs is 1. The van der Waals surface area contributed by atoms with Crippen LogP contribution in [0.3, 0.4) is 0 Å². The predicted octanol–water partition coefficient (Wildman–Crippen LogP) is 0.583. The van der Waals surface area contributed by atoms with Crippen LogP contribution in [-0.2, 0) is 14.4 Å². The molecule has 2 saturated heterocycles. The summed E-state index contributed by atoms with van der Waals surface area (Å²) in [5.74, 6) is -1.05. The number of hydrogen-bond donors (Lipinski definition) is 1. The average molecular weight is 357 g/mol. The van der Waals surface area contributed by atoms with Gasteiger partial charge in [0.2, 0.25) is 11.8 Å². The zero-order chi connectivity index (χ0) is 18.8. The number of carbonyl (C=O) groups excluding carboxylic acids is 4. The topological polar surface area (TPSA) is 101 Å². The Morgan fingerprint density at radius 2 is 1.85 bits per heavy atom. The first-order chi connectivity index (χ1) is 12.4. The summed E-state index contributed by atoms with van der Waals surface area (Å²) in [6.45, 7) is 2.27. The number of hydrogen-bond acceptors (Lipinski definition) is 4. The van der Waals surface area contributed by atoms with E-state index < -0.39 is 11.9 Å². The highest BCUT2D eigenvalue weighted by molar-refractivity contribution is 6.02. The molecule has 0 radical (unpaired) electrons. The molecular formula is C19H23N3O4. The molecule has 2 fully saturated rings. The number of carbonyl (C=O) groups is 4. The van der Waals surface area contributed by atoms with Crippen molar-refractivity contribution >= 4 is 23.5 Å². The molecule has 7 nitrogen and oxygen atoms in total. The fourth-order valence-electron chi connectivity index (χ4n) is 3.95. The number of benzene rings is 1. The highest BCUT2D eigenvalue weighted by Gasteiger charge is 2.51. The van der Waals surface area contributed by atoms with E-state index in [0.29, 0.717) is 18.5 Å². The molecule has 7 heteroatoms. The third-order valence-corrected chi connectivity index (χ3v) is 5.10. The van der Waals surface area contributed by atoms with Crippen molar-refractivity contribution in [2.75, 3.05) is 13.1 Å². The minimum absolute atomic E-state index is 0.0314. The van der Waals surface area contributed by atoms with Crippen molar-refractivity contribution in [3.05, 3.63) is 35.9 Å². The Morgan fingerprint density at radius 3 is 2.50 bits per heavy atom. The Kier molecular flexibility index (Phi) is 5.06. The first-order valence-corrected chi connectivity index (χ1v) is 8.85. The van der Waals surface area contributed by atoms with Gasteiger partial charge in [0.25, 0.3) is 5.91 Å². The summed E-state index contributed by atoms with van der Waals surface area (Å²) in [5, 5.41) is 0. The van der Waals surface area contributed by atoms with Crippen LogP contribution in [0.5, 0.6) is 0 Å². The van der Waals surface area contributed by atoms with Gasteiger partial charge in [-0.25, -0.2) is 0 Å². The van der Waals surface area contributed by atoms with Crippen LogP contribution in [0.25, 0.3) is 0 Å². The number of likely N-dealkylation sites (tertiary alicyclic amines) is 2. The van der Waals surface area contributed by atoms with Gasteiger partial charge in [-0.15, -0.1) is 0 Å². The standard InChI is InChI=1S/C19H23N3O4/c1-12(9-16(20)24)10-17(25)21-8-7-14-18(21)15(23)11-22(14)19(26)13-5-3-2-4-6-13/h2-6,12,14,18H,7-11H2,1H3,(H2,20,24). The van der Waals surface area contributed by atoms with Crippen molar-refractivity contribution in [1.29, 1.82) is 0 Å². The Hall–Kier alpha value is -2.70. The van der Waals surface area contributed by atoms with E-state index in [1.165, 1.54) is 0 Å². The molecular weight excluding hydrogens is 334 g/mol. The Balaban J connectivity index is 1.70. The molecule has 26 heavy (non-hydrogen) atoms. The normalized spacial score (nSPS) is 23.0. The molecule has 3 unspecified atom stereocenters. The third-order valence-electron chi connectivity index (χ3n) is 5.10. The van der Waals surface area contributed by atoms with Crippen LogP contribution in [0, 0.1) is 5.92 Å². The van der Waals surface area contributed by atoms with Gasteiger partial charge >= 0.3 is 0 Å². The molecule has 2 N–H and O–H groups in total. The molecule has 0 spiro atoms. The minimum atomic E-state index is -0.573. The van der Waals surface area contributed by atoms with Gasteiger partial charge in [-0.05, 0) is 24.5 Å². The average Bonchev–Trinajstić information content (AvgIpc) is 3.16. The van der Waals surface area contributed by atoms with Gasteiger partial charge in [0.15, 0.2) is 5.78 Å². The van der Waals surface area contributed by atoms with Gasteiger partial charge in [-0.1, -0.05) is 25.1 Å². The summed E-state index contributed by atoms with van der Waals surface area (Å²) in [5.41, 5.74) is 5.72. The monoisotopic (exact) mass is 357 g/mol. The molecule has 2 aliphatic heterocycles. The van der Waals surface area contributed by atoms with Crippen molar-refractivity contribution in [3.8, 4) is 0 Å². The lowest BCUT2D eigenvalue weighted by Gasteiger charge is -2.25. The quantitative estimate of drug-likeness (QED) is 0.833. The summed E-state index contributed by atoms with van der Waals surface area (Å²) >= 11 is 0. The molecule has 0 aliphatic carbocycles. The first kappa shape index (κ1) is 18.1. The molecule has 0 bridgehead atoms. The zero-order valence-corrected chi connectivity index (χ0v) is 14.8. The van der Waals surface area contributed by atoms with Gasteiger partial charge in [-0.2, -0.15) is 0 Å². The SMILES string of the molecule is CC(CC(N)=O)CC(=O)N1CCC2C1C(=O)CN2C(=O)c1ccccc1. The Bertz CT molecular complexity index is 734. The van der Waals surface area contributed by atoms with E-state index in [9.17, 15) is 19.2 Å². The zero-order valence-electron chi connectivity index (χ0n) is 14.8. The lowest BCUT2D eigenvalue weighted by atomic mass is 10.0. The number of nitrogens with two attached hydrogens (primary N) is 1. The highest BCUT2D eigenvalue weighted by Crippen LogP contribution is 2.31. The maximum Gasteiger partial charge on any atom is 0.254 e. The molecule has 3 amide bonds. The molecule has 2 aliphatic rings. The van der Waals surface area contributed by atoms with Crippen LogP contribution in [0.15, 0.2) is 30.3 Å². The summed E-state index contributed by atoms with van der Waals surface area (Å²) in [4.78, 5) is 52.0. The van der Waals surface area contributed by atoms with E-state index in [0.717, 1.165) is 0 Å². The number of ketones is 1. The van der Waals surface area contributed by atoms with Gasteiger partial charge in [-0.3, -0.25) is 19.2 Å². The molecule has 0 aromatic heterocycles. The van der Waals surface area contributed by atoms with Gasteiger partial charge in [0.1, 0.15) is 6.04 Å². The maximum atomic E-state index is 12.7. The second-order valence-corrected chi connectivity index (χ2v) is 7.13. The second kappa shape index (κ2) is 7.27. The summed E-state index contributed by atoms with van der Waals surface area (Å²) < 4.78 is 0. The van der Waals surface area contributed by atoms with E-state index >= 15 is 0 Å². The van der Waals surface area contributed by atoms with E-state index in [1.807, 2.05) is 6.07 Å². The number of rotatable bonds is 5. The van der Waals surface area contributed by atoms with Gasteiger partial charge < -0.3 is 15.5 Å². The molecule has 3 rings (SSSR count). The third kappa shape index (κ3) is 3.47. The van der Waals surface area contributed by atoms with Crippen LogP contribution >= 0.6 is 0 Å². The predicted molar refractivity (Wildman–Crippen MR) is 94.0 cm³/mol. The van der Waals surface area contributed by atoms with Crippen molar-refractivity contribution < 1.29 is 19.2 Å². The number of primary amides is 1. The molecule has 1 aromatic carbocycles. The fraction of sp³-hybridized carbons (Fsp3) is 0.474. The summed E-state index contributed by atoms with van der Waals surface area (Å²) in [6, 6.07) is 8.01. The van der Waals surface area contributed by atoms with Crippen LogP contribution in [0.2, 0.25) is 0 Å². The van der Waals surface area contributed by atoms with Crippen LogP contribution in [0.1, 0.15) is 36.5 Å². The maximum absolute atomic E-state index is 12.7. The van der Waals surface area contributed by atoms with Crippen molar-refractivity contribution in [1.82, 2.24) is 9.80 Å². The minimum Gasteiger partial charge on any atom is -0.370 e. The largest absolute Gasteiger partial charge is 0.370 e. The van der Waals surface area contributed by atoms with Crippen LogP contribution in [0.4, 0.5) is 0 Å². The fourth-order valence-corrected chi connectivity index (χ4v) is 3.95. The van der Waals surface area contributed by atoms with Crippen molar-refractivity contribution in [2.24, 2.45) is 11.7 Å². The van der Waals surface area contributed by atoms with Crippen molar-refractivity contribution in [2.45, 2.75) is 38.3 Å². The number of amides is 3. The van der Waals surface area contributed by atoms with Crippen LogP contribution < -0.4 is 5.73 Å². The molecule has 1 aromatic rings. The first-order valence-electron chi connectivity index (χ1n) is 8.85. The lowest BCUT2D eigenvalue weighted by Crippen LogP contribution is -2.44. The van der Waals surface area contributed by atoms with E-state index in [1.54, 1.807) is 41.0 Å². The molecule has 3 atom stereocenters. The Morgan fingerprint density at radius 1 is 1.15 bits per heavy atom. The summed E-state index contributed by atoms with van der Waals surface area (Å²) in [7, 11) is 0. The molecule has 0 saturated carbocycles. The molecule has 138 valence electrons. The number of Topliss-reactive ketones (excluding diaryl/α,β-unsaturated/α-hetero) is 1. The van der Waals surface area contributed by atoms with Gasteiger partial charge in [0.05, 0.1) is 12.6 Å². The van der Waals surface area contributed by atoms with Gasteiger partial charge in [0, 0.05) is 24.9 Å². The smallest absolute Gasteiger partial charge is 0.254 e. The van der Waals surface area contributed by atoms with E-state index in [4.69, 9.17) is 5.73 Å². The van der Waals surface area contributed by atoms with E-state index in [2.05, 4.69) is 0 Å². The van der Waals surface area contributed by atoms with Crippen LogP contribution in [-0.4, -0.2) is 58.5 Å². The second-order valence-electron chi connectivity index (χ2n) is 7.13. The Labute approximate surface area is 152 Å². The summed E-state index contributed by atoms with van der Waals surface area (Å²) in [6.07, 6.45) is 0.900. The lowest BCUT2D eigenvalue weighted by molar-refractivity contribution is -0.137. The molecule has 2 heterocycles. The van der Waals surface area contributed by atoms with E-state index in [-0.39, 0.29) is 48.9 Å². The number of nitrogens with zero attached hydrogens (tertiary/aromatic N) is 2. The van der Waals surface area contributed by atoms with Crippen molar-refractivity contribution in [3.63, 3.8) is 0 Å². The highest BCUT2D eigenvalue weighted by atomic mass is 16.2.